The quantitative estimate of drug-likeness (QED) is 0.206. The van der Waals surface area contributed by atoms with Crippen LogP contribution >= 0.6 is 0 Å². The zero-order chi connectivity index (χ0) is 21.6. The molecule has 1 aliphatic rings. The van der Waals surface area contributed by atoms with Crippen molar-refractivity contribution in [2.45, 2.75) is 19.8 Å². The predicted octanol–water partition coefficient (Wildman–Crippen LogP) is 2.70. The number of rotatable bonds is 9. The predicted molar refractivity (Wildman–Crippen MR) is 105 cm³/mol. The summed E-state index contributed by atoms with van der Waals surface area (Å²) in [6.45, 7) is 5.53. The third kappa shape index (κ3) is 4.48. The number of benzene rings is 1. The summed E-state index contributed by atoms with van der Waals surface area (Å²) in [5, 5.41) is 11.3. The minimum absolute atomic E-state index is 0.0628. The lowest BCUT2D eigenvalue weighted by Gasteiger charge is -2.35. The van der Waals surface area contributed by atoms with E-state index in [-0.39, 0.29) is 30.2 Å². The van der Waals surface area contributed by atoms with Crippen molar-refractivity contribution in [2.24, 2.45) is 10.9 Å². The SMILES string of the molecule is C=CCN1C(=O)C(C=Nc2c(OC)cccc2[N+](=O)[O-])C(=O)N(CCCC)C1=O. The first kappa shape index (κ1) is 21.7. The van der Waals surface area contributed by atoms with Gasteiger partial charge in [0.05, 0.1) is 12.0 Å². The summed E-state index contributed by atoms with van der Waals surface area (Å²) in [5.41, 5.74) is -0.453. The second-order valence-corrected chi connectivity index (χ2v) is 6.20. The molecule has 0 aromatic heterocycles. The van der Waals surface area contributed by atoms with Crippen LogP contribution in [0.3, 0.4) is 0 Å². The normalized spacial score (nSPS) is 17.2. The average molecular weight is 402 g/mol. The van der Waals surface area contributed by atoms with E-state index in [0.29, 0.717) is 6.42 Å². The van der Waals surface area contributed by atoms with Crippen molar-refractivity contribution in [1.29, 1.82) is 0 Å². The number of ether oxygens (including phenoxy) is 1. The van der Waals surface area contributed by atoms with Gasteiger partial charge >= 0.3 is 6.03 Å². The van der Waals surface area contributed by atoms with E-state index in [1.165, 1.54) is 31.4 Å². The van der Waals surface area contributed by atoms with Crippen molar-refractivity contribution in [3.8, 4) is 5.75 Å². The molecule has 10 heteroatoms. The van der Waals surface area contributed by atoms with Crippen molar-refractivity contribution in [3.63, 3.8) is 0 Å². The summed E-state index contributed by atoms with van der Waals surface area (Å²) in [7, 11) is 1.33. The van der Waals surface area contributed by atoms with Crippen molar-refractivity contribution >= 4 is 35.4 Å². The Labute approximate surface area is 167 Å². The molecule has 0 radical (unpaired) electrons. The van der Waals surface area contributed by atoms with E-state index >= 15 is 0 Å². The number of carbonyl (C=O) groups excluding carboxylic acids is 3. The standard InChI is InChI=1S/C19H22N4O6/c1-4-6-11-22-18(25)13(17(24)21(10-5-2)19(22)26)12-20-16-14(23(27)28)8-7-9-15(16)29-3/h5,7-9,12-13H,2,4,6,10-11H2,1,3H3. The summed E-state index contributed by atoms with van der Waals surface area (Å²) in [4.78, 5) is 54.6. The topological polar surface area (TPSA) is 122 Å². The number of para-hydroxylation sites is 1. The van der Waals surface area contributed by atoms with E-state index < -0.39 is 28.7 Å². The van der Waals surface area contributed by atoms with Gasteiger partial charge in [-0.3, -0.25) is 29.5 Å². The maximum Gasteiger partial charge on any atom is 0.333 e. The highest BCUT2D eigenvalue weighted by Crippen LogP contribution is 2.36. The number of imide groups is 2. The number of nitrogens with zero attached hydrogens (tertiary/aromatic N) is 4. The van der Waals surface area contributed by atoms with Crippen molar-refractivity contribution in [1.82, 2.24) is 9.80 Å². The maximum absolute atomic E-state index is 12.8. The van der Waals surface area contributed by atoms with Crippen molar-refractivity contribution < 1.29 is 24.0 Å². The number of hydrogen-bond donors (Lipinski definition) is 0. The van der Waals surface area contributed by atoms with Gasteiger partial charge in [0.25, 0.3) is 5.69 Å². The van der Waals surface area contributed by atoms with E-state index in [4.69, 9.17) is 4.74 Å². The lowest BCUT2D eigenvalue weighted by molar-refractivity contribution is -0.384. The molecule has 154 valence electrons. The average Bonchev–Trinajstić information content (AvgIpc) is 2.70. The molecular weight excluding hydrogens is 380 g/mol. The molecule has 0 spiro atoms. The molecule has 1 atom stereocenters. The molecule has 4 amide bonds. The summed E-state index contributed by atoms with van der Waals surface area (Å²) in [6.07, 6.45) is 3.73. The second-order valence-electron chi connectivity index (χ2n) is 6.20. The lowest BCUT2D eigenvalue weighted by Crippen LogP contribution is -2.60. The molecule has 0 bridgehead atoms. The van der Waals surface area contributed by atoms with Gasteiger partial charge in [0.1, 0.15) is 0 Å². The van der Waals surface area contributed by atoms with Crippen LogP contribution in [-0.2, 0) is 9.59 Å². The fraction of sp³-hybridized carbons (Fsp3) is 0.368. The van der Waals surface area contributed by atoms with Gasteiger partial charge in [-0.25, -0.2) is 9.79 Å². The van der Waals surface area contributed by atoms with Crippen LogP contribution in [0.15, 0.2) is 35.8 Å². The molecular formula is C19H22N4O6. The first-order valence-electron chi connectivity index (χ1n) is 9.00. The van der Waals surface area contributed by atoms with Crippen molar-refractivity contribution in [2.75, 3.05) is 20.2 Å². The molecule has 1 fully saturated rings. The summed E-state index contributed by atoms with van der Waals surface area (Å²) in [6, 6.07) is 3.44. The number of carbonyl (C=O) groups is 3. The molecule has 2 rings (SSSR count). The fourth-order valence-electron chi connectivity index (χ4n) is 2.82. The maximum atomic E-state index is 12.8. The molecule has 10 nitrogen and oxygen atoms in total. The van der Waals surface area contributed by atoms with E-state index in [9.17, 15) is 24.5 Å². The van der Waals surface area contributed by atoms with Crippen LogP contribution in [-0.4, -0.2) is 59.0 Å². The van der Waals surface area contributed by atoms with Crippen LogP contribution in [0.4, 0.5) is 16.2 Å². The van der Waals surface area contributed by atoms with Gasteiger partial charge in [0, 0.05) is 25.4 Å². The Balaban J connectivity index is 2.45. The third-order valence-electron chi connectivity index (χ3n) is 4.32. The first-order chi connectivity index (χ1) is 13.9. The van der Waals surface area contributed by atoms with Crippen LogP contribution in [0.1, 0.15) is 19.8 Å². The van der Waals surface area contributed by atoms with Gasteiger partial charge in [-0.1, -0.05) is 25.5 Å². The summed E-state index contributed by atoms with van der Waals surface area (Å²) in [5.74, 6) is -2.73. The van der Waals surface area contributed by atoms with E-state index in [0.717, 1.165) is 22.4 Å². The highest BCUT2D eigenvalue weighted by atomic mass is 16.6. The van der Waals surface area contributed by atoms with Crippen LogP contribution in [0.2, 0.25) is 0 Å². The third-order valence-corrected chi connectivity index (χ3v) is 4.32. The molecule has 1 aromatic rings. The number of barbiturate groups is 1. The summed E-state index contributed by atoms with van der Waals surface area (Å²) < 4.78 is 5.10. The zero-order valence-corrected chi connectivity index (χ0v) is 16.2. The first-order valence-corrected chi connectivity index (χ1v) is 9.00. The Morgan fingerprint density at radius 1 is 1.28 bits per heavy atom. The van der Waals surface area contributed by atoms with Gasteiger partial charge in [0.15, 0.2) is 17.4 Å². The largest absolute Gasteiger partial charge is 0.494 e. The molecule has 1 aliphatic heterocycles. The van der Waals surface area contributed by atoms with E-state index in [1.807, 2.05) is 6.92 Å². The molecule has 1 saturated heterocycles. The molecule has 0 saturated carbocycles. The zero-order valence-electron chi connectivity index (χ0n) is 16.2. The van der Waals surface area contributed by atoms with Gasteiger partial charge in [-0.2, -0.15) is 0 Å². The number of nitro groups is 1. The summed E-state index contributed by atoms with van der Waals surface area (Å²) >= 11 is 0. The number of unbranched alkanes of at least 4 members (excludes halogenated alkanes) is 1. The Bertz CT molecular complexity index is 866. The number of urea groups is 1. The van der Waals surface area contributed by atoms with E-state index in [1.54, 1.807) is 0 Å². The number of amides is 4. The number of aliphatic imine (C=N–C) groups is 1. The monoisotopic (exact) mass is 402 g/mol. The molecule has 1 heterocycles. The minimum Gasteiger partial charge on any atom is -0.494 e. The Morgan fingerprint density at radius 3 is 2.55 bits per heavy atom. The number of nitro benzene ring substituents is 1. The van der Waals surface area contributed by atoms with Gasteiger partial charge in [-0.15, -0.1) is 6.58 Å². The highest BCUT2D eigenvalue weighted by molar-refractivity contribution is 6.23. The number of hydrogen-bond acceptors (Lipinski definition) is 7. The van der Waals surface area contributed by atoms with Gasteiger partial charge < -0.3 is 4.74 Å². The van der Waals surface area contributed by atoms with Crippen LogP contribution in [0.5, 0.6) is 5.75 Å². The molecule has 29 heavy (non-hydrogen) atoms. The lowest BCUT2D eigenvalue weighted by atomic mass is 10.0. The van der Waals surface area contributed by atoms with Crippen molar-refractivity contribution in [3.05, 3.63) is 41.0 Å². The van der Waals surface area contributed by atoms with Crippen LogP contribution in [0, 0.1) is 16.0 Å². The van der Waals surface area contributed by atoms with E-state index in [2.05, 4.69) is 11.6 Å². The Kier molecular flexibility index (Phi) is 7.18. The Morgan fingerprint density at radius 2 is 1.97 bits per heavy atom. The molecule has 0 N–H and O–H groups in total. The molecule has 1 aromatic carbocycles. The fourth-order valence-corrected chi connectivity index (χ4v) is 2.82. The smallest absolute Gasteiger partial charge is 0.333 e. The van der Waals surface area contributed by atoms with Gasteiger partial charge in [0.2, 0.25) is 11.8 Å². The molecule has 1 unspecified atom stereocenters. The van der Waals surface area contributed by atoms with Gasteiger partial charge in [-0.05, 0) is 12.5 Å². The highest BCUT2D eigenvalue weighted by Gasteiger charge is 2.44. The molecule has 0 aliphatic carbocycles. The van der Waals surface area contributed by atoms with Crippen LogP contribution < -0.4 is 4.74 Å². The number of methoxy groups -OCH3 is 1. The second kappa shape index (κ2) is 9.58. The Hall–Kier alpha value is -3.56. The van der Waals surface area contributed by atoms with Crippen LogP contribution in [0.25, 0.3) is 0 Å². The minimum atomic E-state index is -1.38.